The Labute approximate surface area is 224 Å². The van der Waals surface area contributed by atoms with E-state index in [1.54, 1.807) is 0 Å². The number of aromatic nitrogens is 5. The molecule has 37 heavy (non-hydrogen) atoms. The summed E-state index contributed by atoms with van der Waals surface area (Å²) in [6, 6.07) is 14.0. The quantitative estimate of drug-likeness (QED) is 0.293. The highest BCUT2D eigenvalue weighted by Gasteiger charge is 2.43. The van der Waals surface area contributed by atoms with Gasteiger partial charge in [0.1, 0.15) is 11.5 Å². The predicted molar refractivity (Wildman–Crippen MR) is 145 cm³/mol. The molecule has 2 aromatic heterocycles. The molecule has 7 rings (SSSR count). The lowest BCUT2D eigenvalue weighted by molar-refractivity contribution is 0.155. The molecule has 188 valence electrons. The first-order chi connectivity index (χ1) is 18.1. The number of allylic oxidation sites excluding steroid dienone is 1. The Balaban J connectivity index is 1.06. The lowest BCUT2D eigenvalue weighted by atomic mass is 9.60. The van der Waals surface area contributed by atoms with E-state index in [1.807, 2.05) is 18.2 Å². The molecule has 0 amide bonds. The third-order valence-corrected chi connectivity index (χ3v) is 8.75. The minimum Gasteiger partial charge on any atom is -0.371 e. The minimum atomic E-state index is 0.395. The molecule has 4 aromatic rings. The molecule has 0 bridgehead atoms. The van der Waals surface area contributed by atoms with Crippen LogP contribution in [-0.4, -0.2) is 38.9 Å². The number of nitrogens with zero attached hydrogens (tertiary/aromatic N) is 5. The van der Waals surface area contributed by atoms with E-state index in [0.29, 0.717) is 27.2 Å². The smallest absolute Gasteiger partial charge is 0.204 e. The van der Waals surface area contributed by atoms with Crippen LogP contribution in [0.15, 0.2) is 52.6 Å². The summed E-state index contributed by atoms with van der Waals surface area (Å²) in [6.45, 7) is 2.13. The minimum absolute atomic E-state index is 0.395. The molecule has 9 heteroatoms. The molecule has 7 nitrogen and oxygen atoms in total. The van der Waals surface area contributed by atoms with E-state index in [2.05, 4.69) is 61.0 Å². The van der Waals surface area contributed by atoms with Crippen LogP contribution in [0, 0.1) is 5.41 Å². The maximum atomic E-state index is 6.54. The summed E-state index contributed by atoms with van der Waals surface area (Å²) in [5.41, 5.74) is 6.68. The number of halogens is 2. The molecule has 1 N–H and O–H groups in total. The third-order valence-electron chi connectivity index (χ3n) is 8.12. The van der Waals surface area contributed by atoms with Crippen LogP contribution < -0.4 is 4.90 Å². The van der Waals surface area contributed by atoms with Crippen molar-refractivity contribution in [2.75, 3.05) is 18.0 Å². The van der Waals surface area contributed by atoms with Gasteiger partial charge in [0, 0.05) is 41.4 Å². The number of anilines is 1. The van der Waals surface area contributed by atoms with Gasteiger partial charge in [0.2, 0.25) is 5.82 Å². The van der Waals surface area contributed by atoms with Gasteiger partial charge in [-0.15, -0.1) is 10.2 Å². The number of aromatic amines is 1. The van der Waals surface area contributed by atoms with Crippen molar-refractivity contribution in [2.24, 2.45) is 5.41 Å². The van der Waals surface area contributed by atoms with Gasteiger partial charge in [0.25, 0.3) is 0 Å². The number of nitrogens with one attached hydrogen (secondary N) is 1. The van der Waals surface area contributed by atoms with Gasteiger partial charge < -0.3 is 9.42 Å². The molecule has 3 aliphatic rings. The summed E-state index contributed by atoms with van der Waals surface area (Å²) in [7, 11) is 0. The monoisotopic (exact) mass is 532 g/mol. The molecule has 2 saturated carbocycles. The van der Waals surface area contributed by atoms with Crippen LogP contribution in [0.25, 0.3) is 28.7 Å². The molecular weight excluding hydrogens is 507 g/mol. The standard InChI is InChI=1S/C28H26Cl2N6O/c29-22-2-1-3-23(30)24(22)25-21(26(37-33-25)18-4-5-18)14-17-15-28(16-17)10-12-36(13-11-28)20-8-6-19(7-9-20)27-31-34-35-32-27/h1-3,6-9,14,18H,4-5,10-13,15-16H2,(H,31,32,34,35). The molecule has 0 unspecified atom stereocenters. The first-order valence-corrected chi connectivity index (χ1v) is 13.6. The van der Waals surface area contributed by atoms with Crippen molar-refractivity contribution in [3.05, 3.63) is 69.4 Å². The summed E-state index contributed by atoms with van der Waals surface area (Å²) in [5.74, 6) is 2.06. The van der Waals surface area contributed by atoms with Crippen molar-refractivity contribution in [2.45, 2.75) is 44.4 Å². The first-order valence-electron chi connectivity index (χ1n) is 12.8. The van der Waals surface area contributed by atoms with Gasteiger partial charge in [-0.05, 0) is 91.6 Å². The number of rotatable bonds is 5. The van der Waals surface area contributed by atoms with Crippen molar-refractivity contribution in [1.82, 2.24) is 25.8 Å². The van der Waals surface area contributed by atoms with Crippen molar-refractivity contribution < 1.29 is 4.52 Å². The summed E-state index contributed by atoms with van der Waals surface area (Å²) < 4.78 is 5.85. The van der Waals surface area contributed by atoms with Gasteiger partial charge in [-0.25, -0.2) is 0 Å². The highest BCUT2D eigenvalue weighted by Crippen LogP contribution is 2.54. The SMILES string of the molecule is Clc1cccc(Cl)c1-c1noc(C2CC2)c1C=C1CC2(CCN(c3ccc(-c4nn[nH]n4)cc3)CC2)C1. The second kappa shape index (κ2) is 8.99. The Kier molecular flexibility index (Phi) is 5.59. The Hall–Kier alpha value is -3.16. The van der Waals surface area contributed by atoms with E-state index in [1.165, 1.54) is 24.1 Å². The number of piperidine rings is 1. The van der Waals surface area contributed by atoms with Crippen LogP contribution >= 0.6 is 23.2 Å². The van der Waals surface area contributed by atoms with E-state index in [0.717, 1.165) is 66.9 Å². The predicted octanol–water partition coefficient (Wildman–Crippen LogP) is 7.17. The fourth-order valence-corrected chi connectivity index (χ4v) is 6.49. The Morgan fingerprint density at radius 3 is 2.38 bits per heavy atom. The normalized spacial score (nSPS) is 18.8. The second-order valence-electron chi connectivity index (χ2n) is 10.6. The van der Waals surface area contributed by atoms with Crippen LogP contribution in [-0.2, 0) is 0 Å². The van der Waals surface area contributed by atoms with E-state index < -0.39 is 0 Å². The maximum absolute atomic E-state index is 6.54. The lowest BCUT2D eigenvalue weighted by Gasteiger charge is -2.50. The van der Waals surface area contributed by atoms with Crippen molar-refractivity contribution in [3.8, 4) is 22.6 Å². The molecule has 1 saturated heterocycles. The average Bonchev–Trinajstić information content (AvgIpc) is 3.42. The Morgan fingerprint density at radius 1 is 1.00 bits per heavy atom. The highest BCUT2D eigenvalue weighted by molar-refractivity contribution is 6.39. The lowest BCUT2D eigenvalue weighted by Crippen LogP contribution is -2.44. The van der Waals surface area contributed by atoms with Crippen molar-refractivity contribution in [1.29, 1.82) is 0 Å². The average molecular weight is 533 g/mol. The van der Waals surface area contributed by atoms with Gasteiger partial charge in [0.05, 0.1) is 10.0 Å². The fraction of sp³-hybridized carbons (Fsp3) is 0.357. The number of tetrazole rings is 1. The van der Waals surface area contributed by atoms with Gasteiger partial charge >= 0.3 is 0 Å². The number of H-pyrrole nitrogens is 1. The summed E-state index contributed by atoms with van der Waals surface area (Å²) >= 11 is 13.1. The Bertz CT molecular complexity index is 1430. The molecule has 3 heterocycles. The fourth-order valence-electron chi connectivity index (χ4n) is 5.91. The van der Waals surface area contributed by atoms with E-state index in [-0.39, 0.29) is 0 Å². The number of hydrogen-bond acceptors (Lipinski definition) is 6. The molecule has 1 spiro atoms. The first kappa shape index (κ1) is 23.0. The largest absolute Gasteiger partial charge is 0.371 e. The highest BCUT2D eigenvalue weighted by atomic mass is 35.5. The van der Waals surface area contributed by atoms with Gasteiger partial charge in [0.15, 0.2) is 0 Å². The van der Waals surface area contributed by atoms with Gasteiger partial charge in [-0.2, -0.15) is 5.21 Å². The van der Waals surface area contributed by atoms with Crippen LogP contribution in [0.5, 0.6) is 0 Å². The van der Waals surface area contributed by atoms with Crippen LogP contribution in [0.3, 0.4) is 0 Å². The van der Waals surface area contributed by atoms with E-state index in [4.69, 9.17) is 27.7 Å². The zero-order valence-electron chi connectivity index (χ0n) is 20.3. The summed E-state index contributed by atoms with van der Waals surface area (Å²) in [5, 5.41) is 19.9. The molecule has 1 aliphatic heterocycles. The zero-order chi connectivity index (χ0) is 25.0. The summed E-state index contributed by atoms with van der Waals surface area (Å²) in [6.07, 6.45) is 9.25. The summed E-state index contributed by atoms with van der Waals surface area (Å²) in [4.78, 5) is 2.48. The number of benzene rings is 2. The van der Waals surface area contributed by atoms with E-state index in [9.17, 15) is 0 Å². The topological polar surface area (TPSA) is 83.7 Å². The van der Waals surface area contributed by atoms with Gasteiger partial charge in [-0.3, -0.25) is 0 Å². The van der Waals surface area contributed by atoms with Crippen molar-refractivity contribution in [3.63, 3.8) is 0 Å². The van der Waals surface area contributed by atoms with Crippen LogP contribution in [0.2, 0.25) is 10.0 Å². The van der Waals surface area contributed by atoms with Crippen molar-refractivity contribution >= 4 is 35.0 Å². The Morgan fingerprint density at radius 2 is 1.73 bits per heavy atom. The second-order valence-corrected chi connectivity index (χ2v) is 11.4. The molecule has 0 atom stereocenters. The molecule has 3 fully saturated rings. The maximum Gasteiger partial charge on any atom is 0.204 e. The molecule has 2 aliphatic carbocycles. The third kappa shape index (κ3) is 4.24. The van der Waals surface area contributed by atoms with Crippen LogP contribution in [0.4, 0.5) is 5.69 Å². The van der Waals surface area contributed by atoms with E-state index >= 15 is 0 Å². The molecule has 2 aromatic carbocycles. The molecule has 0 radical (unpaired) electrons. The number of hydrogen-bond donors (Lipinski definition) is 1. The zero-order valence-corrected chi connectivity index (χ0v) is 21.8. The molecular formula is C28H26Cl2N6O. The van der Waals surface area contributed by atoms with Crippen LogP contribution in [0.1, 0.15) is 55.8 Å². The van der Waals surface area contributed by atoms with Gasteiger partial charge in [-0.1, -0.05) is 40.0 Å².